The summed E-state index contributed by atoms with van der Waals surface area (Å²) in [5.74, 6) is -0.624. The van der Waals surface area contributed by atoms with Crippen LogP contribution in [-0.2, 0) is 21.0 Å². The Balaban J connectivity index is 1.52. The van der Waals surface area contributed by atoms with Crippen molar-refractivity contribution < 1.29 is 14.4 Å². The van der Waals surface area contributed by atoms with Crippen LogP contribution < -0.4 is 5.48 Å². The van der Waals surface area contributed by atoms with Crippen LogP contribution in [0.5, 0.6) is 0 Å². The Morgan fingerprint density at radius 2 is 1.80 bits per heavy atom. The summed E-state index contributed by atoms with van der Waals surface area (Å²) in [7, 11) is 0. The Morgan fingerprint density at radius 1 is 1.16 bits per heavy atom. The molecule has 0 saturated carbocycles. The van der Waals surface area contributed by atoms with Crippen LogP contribution in [-0.4, -0.2) is 23.3 Å². The summed E-state index contributed by atoms with van der Waals surface area (Å²) in [5.41, 5.74) is 4.52. The van der Waals surface area contributed by atoms with Crippen molar-refractivity contribution >= 4 is 11.8 Å². The van der Waals surface area contributed by atoms with Crippen molar-refractivity contribution in [1.82, 2.24) is 10.4 Å². The molecule has 1 saturated heterocycles. The third-order valence-corrected chi connectivity index (χ3v) is 4.53. The van der Waals surface area contributed by atoms with Gasteiger partial charge in [-0.05, 0) is 18.1 Å². The van der Waals surface area contributed by atoms with Crippen LogP contribution >= 0.6 is 0 Å². The van der Waals surface area contributed by atoms with Gasteiger partial charge in [0.25, 0.3) is 0 Å². The summed E-state index contributed by atoms with van der Waals surface area (Å²) in [4.78, 5) is 31.6. The Kier molecular flexibility index (Phi) is 5.46. The molecule has 2 amide bonds. The number of hydroxylamine groups is 1. The van der Waals surface area contributed by atoms with Crippen LogP contribution in [0.15, 0.2) is 60.7 Å². The molecule has 0 bridgehead atoms. The van der Waals surface area contributed by atoms with E-state index in [1.807, 2.05) is 67.6 Å². The lowest BCUT2D eigenvalue weighted by atomic mass is 10.1. The van der Waals surface area contributed by atoms with Gasteiger partial charge in [-0.25, -0.2) is 5.48 Å². The lowest BCUT2D eigenvalue weighted by Gasteiger charge is -2.25. The molecule has 5 nitrogen and oxygen atoms in total. The fourth-order valence-corrected chi connectivity index (χ4v) is 3.04. The van der Waals surface area contributed by atoms with Crippen LogP contribution in [0.4, 0.5) is 0 Å². The minimum absolute atomic E-state index is 0.000405. The van der Waals surface area contributed by atoms with Crippen molar-refractivity contribution in [2.24, 2.45) is 5.92 Å². The van der Waals surface area contributed by atoms with Gasteiger partial charge in [0.1, 0.15) is 0 Å². The Labute approximate surface area is 147 Å². The van der Waals surface area contributed by atoms with E-state index in [0.717, 1.165) is 11.1 Å². The van der Waals surface area contributed by atoms with Crippen LogP contribution in [0.2, 0.25) is 0 Å². The Hall–Kier alpha value is -2.66. The number of likely N-dealkylation sites (tertiary alicyclic amines) is 1. The van der Waals surface area contributed by atoms with Gasteiger partial charge in [-0.15, -0.1) is 0 Å². The molecule has 0 aliphatic carbocycles. The maximum Gasteiger partial charge on any atom is 0.248 e. The molecule has 0 aromatic heterocycles. The third-order valence-electron chi connectivity index (χ3n) is 4.53. The van der Waals surface area contributed by atoms with E-state index in [9.17, 15) is 9.59 Å². The fraction of sp³-hybridized carbons (Fsp3) is 0.300. The monoisotopic (exact) mass is 338 g/mol. The quantitative estimate of drug-likeness (QED) is 0.824. The van der Waals surface area contributed by atoms with Gasteiger partial charge in [0, 0.05) is 13.0 Å². The summed E-state index contributed by atoms with van der Waals surface area (Å²) < 4.78 is 0. The predicted molar refractivity (Wildman–Crippen MR) is 94.1 cm³/mol. The van der Waals surface area contributed by atoms with Crippen molar-refractivity contribution in [2.45, 2.75) is 26.0 Å². The Morgan fingerprint density at radius 3 is 2.48 bits per heavy atom. The molecule has 2 atom stereocenters. The molecular formula is C20H22N2O3. The van der Waals surface area contributed by atoms with E-state index in [1.165, 1.54) is 0 Å². The molecular weight excluding hydrogens is 316 g/mol. The molecule has 0 unspecified atom stereocenters. The van der Waals surface area contributed by atoms with Crippen LogP contribution in [0.3, 0.4) is 0 Å². The smallest absolute Gasteiger partial charge is 0.248 e. The maximum absolute atomic E-state index is 12.3. The van der Waals surface area contributed by atoms with E-state index in [2.05, 4.69) is 5.48 Å². The highest BCUT2D eigenvalue weighted by Crippen LogP contribution is 2.28. The number of benzene rings is 2. The summed E-state index contributed by atoms with van der Waals surface area (Å²) in [6.07, 6.45) is 0.220. The van der Waals surface area contributed by atoms with E-state index in [1.54, 1.807) is 4.90 Å². The number of hydrogen-bond acceptors (Lipinski definition) is 3. The highest BCUT2D eigenvalue weighted by atomic mass is 16.6. The number of carbonyl (C=O) groups excluding carboxylic acids is 2. The summed E-state index contributed by atoms with van der Waals surface area (Å²) in [6, 6.07) is 19.4. The number of carbonyl (C=O) groups is 2. The molecule has 1 N–H and O–H groups in total. The number of amides is 2. The topological polar surface area (TPSA) is 58.6 Å². The molecule has 1 aliphatic heterocycles. The SMILES string of the molecule is C[C@H](c1ccccc1)N1C[C@@H](C(=O)NOCc2ccccc2)CC1=O. The molecule has 1 fully saturated rings. The third kappa shape index (κ3) is 4.25. The first-order valence-corrected chi connectivity index (χ1v) is 8.45. The van der Waals surface area contributed by atoms with Crippen LogP contribution in [0.1, 0.15) is 30.5 Å². The number of nitrogens with zero attached hydrogens (tertiary/aromatic N) is 1. The zero-order valence-electron chi connectivity index (χ0n) is 14.2. The van der Waals surface area contributed by atoms with E-state index < -0.39 is 0 Å². The zero-order chi connectivity index (χ0) is 17.6. The number of rotatable bonds is 6. The van der Waals surface area contributed by atoms with Gasteiger partial charge in [0.2, 0.25) is 11.8 Å². The lowest BCUT2D eigenvalue weighted by molar-refractivity contribution is -0.138. The fourth-order valence-electron chi connectivity index (χ4n) is 3.04. The predicted octanol–water partition coefficient (Wildman–Crippen LogP) is 2.84. The molecule has 25 heavy (non-hydrogen) atoms. The average Bonchev–Trinajstić information content (AvgIpc) is 3.04. The average molecular weight is 338 g/mol. The highest BCUT2D eigenvalue weighted by Gasteiger charge is 2.37. The second-order valence-corrected chi connectivity index (χ2v) is 6.27. The molecule has 3 rings (SSSR count). The molecule has 2 aromatic carbocycles. The molecule has 5 heteroatoms. The number of nitrogens with one attached hydrogen (secondary N) is 1. The molecule has 1 aliphatic rings. The highest BCUT2D eigenvalue weighted by molar-refractivity contribution is 5.89. The van der Waals surface area contributed by atoms with Crippen molar-refractivity contribution in [3.8, 4) is 0 Å². The minimum Gasteiger partial charge on any atom is -0.335 e. The normalized spacial score (nSPS) is 18.2. The molecule has 130 valence electrons. The minimum atomic E-state index is -0.380. The van der Waals surface area contributed by atoms with Crippen molar-refractivity contribution in [3.63, 3.8) is 0 Å². The van der Waals surface area contributed by atoms with Gasteiger partial charge in [-0.3, -0.25) is 14.4 Å². The van der Waals surface area contributed by atoms with Gasteiger partial charge in [0.15, 0.2) is 0 Å². The van der Waals surface area contributed by atoms with Gasteiger partial charge >= 0.3 is 0 Å². The van der Waals surface area contributed by atoms with Crippen molar-refractivity contribution in [1.29, 1.82) is 0 Å². The van der Waals surface area contributed by atoms with E-state index in [4.69, 9.17) is 4.84 Å². The molecule has 0 radical (unpaired) electrons. The molecule has 1 heterocycles. The largest absolute Gasteiger partial charge is 0.335 e. The second-order valence-electron chi connectivity index (χ2n) is 6.27. The van der Waals surface area contributed by atoms with Crippen molar-refractivity contribution in [3.05, 3.63) is 71.8 Å². The van der Waals surface area contributed by atoms with E-state index in [0.29, 0.717) is 13.2 Å². The van der Waals surface area contributed by atoms with Gasteiger partial charge < -0.3 is 4.90 Å². The van der Waals surface area contributed by atoms with Gasteiger partial charge in [-0.1, -0.05) is 60.7 Å². The first-order chi connectivity index (χ1) is 12.1. The summed E-state index contributed by atoms with van der Waals surface area (Å²) >= 11 is 0. The van der Waals surface area contributed by atoms with E-state index >= 15 is 0 Å². The molecule has 2 aromatic rings. The second kappa shape index (κ2) is 7.94. The first kappa shape index (κ1) is 17.2. The van der Waals surface area contributed by atoms with Gasteiger partial charge in [0.05, 0.1) is 18.6 Å². The lowest BCUT2D eigenvalue weighted by Crippen LogP contribution is -2.33. The number of hydrogen-bond donors (Lipinski definition) is 1. The van der Waals surface area contributed by atoms with Gasteiger partial charge in [-0.2, -0.15) is 0 Å². The van der Waals surface area contributed by atoms with Crippen LogP contribution in [0, 0.1) is 5.92 Å². The summed E-state index contributed by atoms with van der Waals surface area (Å²) in [5, 5.41) is 0. The van der Waals surface area contributed by atoms with E-state index in [-0.39, 0.29) is 30.2 Å². The zero-order valence-corrected chi connectivity index (χ0v) is 14.2. The Bertz CT molecular complexity index is 718. The van der Waals surface area contributed by atoms with Crippen LogP contribution in [0.25, 0.3) is 0 Å². The first-order valence-electron chi connectivity index (χ1n) is 8.45. The summed E-state index contributed by atoms with van der Waals surface area (Å²) in [6.45, 7) is 2.70. The molecule has 0 spiro atoms. The van der Waals surface area contributed by atoms with Crippen molar-refractivity contribution in [2.75, 3.05) is 6.54 Å². The standard InChI is InChI=1S/C20H22N2O3/c1-15(17-10-6-3-7-11-17)22-13-18(12-19(22)23)20(24)21-25-14-16-8-4-2-5-9-16/h2-11,15,18H,12-14H2,1H3,(H,21,24)/t15-,18+/m1/s1. The maximum atomic E-state index is 12.3.